The van der Waals surface area contributed by atoms with Crippen molar-refractivity contribution in [2.75, 3.05) is 26.8 Å². The third-order valence-electron chi connectivity index (χ3n) is 5.29. The van der Waals surface area contributed by atoms with E-state index in [4.69, 9.17) is 4.74 Å². The van der Waals surface area contributed by atoms with Crippen LogP contribution >= 0.6 is 0 Å². The maximum atomic E-state index is 13.1. The van der Waals surface area contributed by atoms with Crippen molar-refractivity contribution in [1.82, 2.24) is 25.7 Å². The van der Waals surface area contributed by atoms with E-state index < -0.39 is 6.04 Å². The lowest BCUT2D eigenvalue weighted by molar-refractivity contribution is -0.130. The van der Waals surface area contributed by atoms with Crippen LogP contribution in [0.2, 0.25) is 0 Å². The number of rotatable bonds is 11. The highest BCUT2D eigenvalue weighted by molar-refractivity contribution is 5.92. The highest BCUT2D eigenvalue weighted by Crippen LogP contribution is 2.29. The SMILES string of the molecule is COCCNC(=O)C(C1CCCCC1)N(CCC(C)C)NC(=O)c1cnccn1. The summed E-state index contributed by atoms with van der Waals surface area (Å²) in [4.78, 5) is 34.0. The maximum Gasteiger partial charge on any atom is 0.285 e. The highest BCUT2D eigenvalue weighted by atomic mass is 16.5. The first kappa shape index (κ1) is 23.2. The summed E-state index contributed by atoms with van der Waals surface area (Å²) in [6, 6.07) is -0.411. The van der Waals surface area contributed by atoms with E-state index in [0.717, 1.165) is 32.1 Å². The van der Waals surface area contributed by atoms with Gasteiger partial charge in [0, 0.05) is 32.6 Å². The van der Waals surface area contributed by atoms with Crippen molar-refractivity contribution in [2.24, 2.45) is 11.8 Å². The summed E-state index contributed by atoms with van der Waals surface area (Å²) >= 11 is 0. The molecule has 1 aliphatic carbocycles. The van der Waals surface area contributed by atoms with Crippen LogP contribution in [-0.4, -0.2) is 59.6 Å². The zero-order valence-electron chi connectivity index (χ0n) is 17.9. The van der Waals surface area contributed by atoms with E-state index in [1.165, 1.54) is 25.0 Å². The molecular weight excluding hydrogens is 370 g/mol. The number of nitrogens with zero attached hydrogens (tertiary/aromatic N) is 3. The lowest BCUT2D eigenvalue weighted by Gasteiger charge is -2.38. The van der Waals surface area contributed by atoms with Gasteiger partial charge in [0.05, 0.1) is 12.8 Å². The average molecular weight is 406 g/mol. The van der Waals surface area contributed by atoms with E-state index in [1.807, 2.05) is 5.01 Å². The van der Waals surface area contributed by atoms with Gasteiger partial charge in [0.25, 0.3) is 5.91 Å². The van der Waals surface area contributed by atoms with Crippen LogP contribution in [-0.2, 0) is 9.53 Å². The lowest BCUT2D eigenvalue weighted by Crippen LogP contribution is -2.58. The first-order valence-corrected chi connectivity index (χ1v) is 10.6. The van der Waals surface area contributed by atoms with Crippen LogP contribution in [0.5, 0.6) is 0 Å². The Morgan fingerprint density at radius 1 is 1.24 bits per heavy atom. The summed E-state index contributed by atoms with van der Waals surface area (Å²) in [5, 5.41) is 4.81. The number of aromatic nitrogens is 2. The third-order valence-corrected chi connectivity index (χ3v) is 5.29. The lowest BCUT2D eigenvalue weighted by atomic mass is 9.83. The smallest absolute Gasteiger partial charge is 0.285 e. The van der Waals surface area contributed by atoms with Gasteiger partial charge in [0.15, 0.2) is 0 Å². The standard InChI is InChI=1S/C21H35N5O3/c1-16(2)9-13-26(25-20(27)18-15-22-10-11-23-18)19(17-7-5-4-6-8-17)21(28)24-12-14-29-3/h10-11,15-17,19H,4-9,12-14H2,1-3H3,(H,24,28)(H,25,27). The topological polar surface area (TPSA) is 96.5 Å². The molecule has 162 valence electrons. The predicted octanol–water partition coefficient (Wildman–Crippen LogP) is 2.18. The van der Waals surface area contributed by atoms with E-state index >= 15 is 0 Å². The Hall–Kier alpha value is -2.06. The molecule has 0 spiro atoms. The minimum Gasteiger partial charge on any atom is -0.383 e. The summed E-state index contributed by atoms with van der Waals surface area (Å²) in [6.07, 6.45) is 10.7. The molecule has 0 saturated heterocycles. The number of hydrogen-bond acceptors (Lipinski definition) is 6. The molecule has 2 amide bonds. The largest absolute Gasteiger partial charge is 0.383 e. The first-order chi connectivity index (χ1) is 14.0. The van der Waals surface area contributed by atoms with Gasteiger partial charge in [-0.15, -0.1) is 0 Å². The van der Waals surface area contributed by atoms with Crippen molar-refractivity contribution in [1.29, 1.82) is 0 Å². The Labute approximate surface area is 173 Å². The molecule has 2 rings (SSSR count). The summed E-state index contributed by atoms with van der Waals surface area (Å²) in [7, 11) is 1.61. The molecule has 0 radical (unpaired) electrons. The Morgan fingerprint density at radius 2 is 2.00 bits per heavy atom. The molecule has 1 aromatic rings. The second-order valence-electron chi connectivity index (χ2n) is 8.03. The second-order valence-corrected chi connectivity index (χ2v) is 8.03. The minimum absolute atomic E-state index is 0.0582. The minimum atomic E-state index is -0.411. The van der Waals surface area contributed by atoms with Crippen LogP contribution in [0.1, 0.15) is 62.9 Å². The fourth-order valence-corrected chi connectivity index (χ4v) is 3.71. The Bertz CT molecular complexity index is 620. The molecule has 1 unspecified atom stereocenters. The highest BCUT2D eigenvalue weighted by Gasteiger charge is 2.35. The van der Waals surface area contributed by atoms with Crippen LogP contribution in [0.25, 0.3) is 0 Å². The van der Waals surface area contributed by atoms with Gasteiger partial charge in [-0.1, -0.05) is 33.1 Å². The molecule has 1 fully saturated rings. The van der Waals surface area contributed by atoms with Crippen molar-refractivity contribution in [3.05, 3.63) is 24.3 Å². The Kier molecular flexibility index (Phi) is 10.0. The van der Waals surface area contributed by atoms with Gasteiger partial charge in [0.1, 0.15) is 11.7 Å². The van der Waals surface area contributed by atoms with Crippen molar-refractivity contribution in [3.8, 4) is 0 Å². The molecule has 1 aromatic heterocycles. The second kappa shape index (κ2) is 12.5. The van der Waals surface area contributed by atoms with Crippen molar-refractivity contribution < 1.29 is 14.3 Å². The fraction of sp³-hybridized carbons (Fsp3) is 0.714. The summed E-state index contributed by atoms with van der Waals surface area (Å²) < 4.78 is 5.07. The molecule has 29 heavy (non-hydrogen) atoms. The summed E-state index contributed by atoms with van der Waals surface area (Å²) in [5.41, 5.74) is 3.20. The van der Waals surface area contributed by atoms with E-state index in [1.54, 1.807) is 7.11 Å². The van der Waals surface area contributed by atoms with Crippen molar-refractivity contribution >= 4 is 11.8 Å². The first-order valence-electron chi connectivity index (χ1n) is 10.6. The Balaban J connectivity index is 2.20. The molecule has 1 atom stereocenters. The number of carbonyl (C=O) groups excluding carboxylic acids is 2. The molecular formula is C21H35N5O3. The Morgan fingerprint density at radius 3 is 2.62 bits per heavy atom. The van der Waals surface area contributed by atoms with Gasteiger partial charge < -0.3 is 10.1 Å². The number of ether oxygens (including phenoxy) is 1. The number of hydrazine groups is 1. The zero-order chi connectivity index (χ0) is 21.1. The van der Waals surface area contributed by atoms with Crippen LogP contribution in [0, 0.1) is 11.8 Å². The number of nitrogens with one attached hydrogen (secondary N) is 2. The maximum absolute atomic E-state index is 13.1. The van der Waals surface area contributed by atoms with Gasteiger partial charge in [-0.25, -0.2) is 9.99 Å². The molecule has 0 bridgehead atoms. The fourth-order valence-electron chi connectivity index (χ4n) is 3.71. The van der Waals surface area contributed by atoms with Gasteiger partial charge in [-0.2, -0.15) is 0 Å². The van der Waals surface area contributed by atoms with Gasteiger partial charge >= 0.3 is 0 Å². The quantitative estimate of drug-likeness (QED) is 0.433. The van der Waals surface area contributed by atoms with E-state index in [2.05, 4.69) is 34.6 Å². The normalized spacial score (nSPS) is 16.0. The number of amides is 2. The van der Waals surface area contributed by atoms with Gasteiger partial charge in [-0.3, -0.25) is 20.0 Å². The van der Waals surface area contributed by atoms with Gasteiger partial charge in [0.2, 0.25) is 5.91 Å². The molecule has 0 aliphatic heterocycles. The monoisotopic (exact) mass is 405 g/mol. The van der Waals surface area contributed by atoms with Crippen molar-refractivity contribution in [3.63, 3.8) is 0 Å². The van der Waals surface area contributed by atoms with Crippen LogP contribution in [0.4, 0.5) is 0 Å². The molecule has 1 saturated carbocycles. The van der Waals surface area contributed by atoms with Crippen LogP contribution in [0.15, 0.2) is 18.6 Å². The van der Waals surface area contributed by atoms with Crippen LogP contribution in [0.3, 0.4) is 0 Å². The molecule has 1 aliphatic rings. The zero-order valence-corrected chi connectivity index (χ0v) is 17.9. The van der Waals surface area contributed by atoms with E-state index in [9.17, 15) is 9.59 Å². The van der Waals surface area contributed by atoms with E-state index in [0.29, 0.717) is 25.6 Å². The third kappa shape index (κ3) is 7.70. The number of hydrogen-bond donors (Lipinski definition) is 2. The van der Waals surface area contributed by atoms with E-state index in [-0.39, 0.29) is 23.4 Å². The van der Waals surface area contributed by atoms with Gasteiger partial charge in [-0.05, 0) is 31.1 Å². The number of methoxy groups -OCH3 is 1. The van der Waals surface area contributed by atoms with Crippen molar-refractivity contribution in [2.45, 2.75) is 58.4 Å². The average Bonchev–Trinajstić information content (AvgIpc) is 2.73. The summed E-state index contributed by atoms with van der Waals surface area (Å²) in [6.45, 7) is 5.78. The summed E-state index contributed by atoms with van der Waals surface area (Å²) in [5.74, 6) is 0.264. The molecule has 1 heterocycles. The molecule has 2 N–H and O–H groups in total. The molecule has 8 nitrogen and oxygen atoms in total. The predicted molar refractivity (Wildman–Crippen MR) is 111 cm³/mol. The number of carbonyl (C=O) groups is 2. The molecule has 0 aromatic carbocycles. The molecule has 8 heteroatoms. The van der Waals surface area contributed by atoms with Crippen LogP contribution < -0.4 is 10.7 Å².